The van der Waals surface area contributed by atoms with Gasteiger partial charge in [-0.05, 0) is 45.1 Å². The molecule has 124 valence electrons. The molecule has 2 rings (SSSR count). The van der Waals surface area contributed by atoms with Gasteiger partial charge in [-0.3, -0.25) is 4.90 Å². The average Bonchev–Trinajstić information content (AvgIpc) is 3.21. The first-order valence-electron chi connectivity index (χ1n) is 7.55. The number of β-amino-alcohol motifs (C(OH)–C–C–N with tert-alkyl or cyclic N) is 1. The smallest absolute Gasteiger partial charge is 0.394 e. The molecule has 21 heavy (non-hydrogen) atoms. The van der Waals surface area contributed by atoms with E-state index in [1.165, 1.54) is 12.8 Å². The highest BCUT2D eigenvalue weighted by atomic mass is 19.4. The van der Waals surface area contributed by atoms with Crippen molar-refractivity contribution in [2.75, 3.05) is 32.8 Å². The molecule has 1 atom stereocenters. The Morgan fingerprint density at radius 3 is 2.24 bits per heavy atom. The van der Waals surface area contributed by atoms with Gasteiger partial charge in [0.25, 0.3) is 0 Å². The Balaban J connectivity index is 1.83. The van der Waals surface area contributed by atoms with Crippen LogP contribution < -0.4 is 5.32 Å². The van der Waals surface area contributed by atoms with Crippen LogP contribution in [0.25, 0.3) is 0 Å². The number of nitrogens with zero attached hydrogens (tertiary/aromatic N) is 1. The summed E-state index contributed by atoms with van der Waals surface area (Å²) in [5.41, 5.74) is -3.06. The van der Waals surface area contributed by atoms with Gasteiger partial charge < -0.3 is 15.5 Å². The van der Waals surface area contributed by atoms with Crippen molar-refractivity contribution in [1.82, 2.24) is 10.2 Å². The molecule has 1 saturated heterocycles. The summed E-state index contributed by atoms with van der Waals surface area (Å²) in [6.45, 7) is 2.17. The van der Waals surface area contributed by atoms with Gasteiger partial charge in [0.2, 0.25) is 0 Å². The van der Waals surface area contributed by atoms with Crippen molar-refractivity contribution in [1.29, 1.82) is 0 Å². The molecule has 0 amide bonds. The molecule has 1 aliphatic carbocycles. The van der Waals surface area contributed by atoms with E-state index in [9.17, 15) is 23.4 Å². The van der Waals surface area contributed by atoms with Crippen molar-refractivity contribution in [2.45, 2.75) is 49.9 Å². The quantitative estimate of drug-likeness (QED) is 0.688. The topological polar surface area (TPSA) is 55.7 Å². The Morgan fingerprint density at radius 1 is 1.24 bits per heavy atom. The number of likely N-dealkylation sites (tertiary alicyclic amines) is 1. The van der Waals surface area contributed by atoms with E-state index in [1.807, 2.05) is 0 Å². The van der Waals surface area contributed by atoms with Crippen LogP contribution in [-0.2, 0) is 0 Å². The molecule has 1 aliphatic heterocycles. The highest BCUT2D eigenvalue weighted by Gasteiger charge is 2.51. The number of halogens is 3. The lowest BCUT2D eigenvalue weighted by molar-refractivity contribution is -0.258. The Bertz CT molecular complexity index is 349. The molecule has 4 nitrogen and oxygen atoms in total. The summed E-state index contributed by atoms with van der Waals surface area (Å²) < 4.78 is 38.1. The summed E-state index contributed by atoms with van der Waals surface area (Å²) >= 11 is 0. The van der Waals surface area contributed by atoms with Gasteiger partial charge in [0.15, 0.2) is 5.60 Å². The highest BCUT2D eigenvalue weighted by Crippen LogP contribution is 2.33. The second-order valence-corrected chi connectivity index (χ2v) is 6.81. The largest absolute Gasteiger partial charge is 0.418 e. The molecule has 7 heteroatoms. The van der Waals surface area contributed by atoms with Gasteiger partial charge in [-0.1, -0.05) is 0 Å². The zero-order valence-corrected chi connectivity index (χ0v) is 12.4. The van der Waals surface area contributed by atoms with Gasteiger partial charge in [0.05, 0.1) is 6.61 Å². The normalized spacial score (nSPS) is 26.6. The third-order valence-electron chi connectivity index (χ3n) is 4.72. The fourth-order valence-electron chi connectivity index (χ4n) is 2.74. The molecule has 0 aromatic heterocycles. The molecule has 0 unspecified atom stereocenters. The minimum Gasteiger partial charge on any atom is -0.394 e. The third kappa shape index (κ3) is 4.31. The molecule has 0 aromatic carbocycles. The Labute approximate surface area is 123 Å². The molecule has 0 bridgehead atoms. The molecule has 2 aliphatic rings. The van der Waals surface area contributed by atoms with Crippen LogP contribution in [0.5, 0.6) is 0 Å². The van der Waals surface area contributed by atoms with E-state index in [-0.39, 0.29) is 12.1 Å². The molecule has 2 fully saturated rings. The molecule has 3 N–H and O–H groups in total. The van der Waals surface area contributed by atoms with Crippen LogP contribution in [0.1, 0.15) is 32.6 Å². The van der Waals surface area contributed by atoms with Crippen molar-refractivity contribution in [2.24, 2.45) is 5.92 Å². The van der Waals surface area contributed by atoms with Crippen LogP contribution in [0, 0.1) is 5.92 Å². The fourth-order valence-corrected chi connectivity index (χ4v) is 2.74. The van der Waals surface area contributed by atoms with Gasteiger partial charge >= 0.3 is 6.18 Å². The van der Waals surface area contributed by atoms with E-state index < -0.39 is 18.3 Å². The van der Waals surface area contributed by atoms with Crippen molar-refractivity contribution >= 4 is 0 Å². The van der Waals surface area contributed by atoms with Crippen molar-refractivity contribution in [3.8, 4) is 0 Å². The van der Waals surface area contributed by atoms with Crippen molar-refractivity contribution in [3.63, 3.8) is 0 Å². The van der Waals surface area contributed by atoms with Crippen LogP contribution in [-0.4, -0.2) is 65.2 Å². The summed E-state index contributed by atoms with van der Waals surface area (Å²) in [6, 6.07) is 0. The van der Waals surface area contributed by atoms with Crippen LogP contribution in [0.4, 0.5) is 13.2 Å². The Kier molecular flexibility index (Phi) is 4.87. The minimum absolute atomic E-state index is 0.00320. The summed E-state index contributed by atoms with van der Waals surface area (Å²) in [4.78, 5) is 1.63. The van der Waals surface area contributed by atoms with Crippen LogP contribution in [0.3, 0.4) is 0 Å². The number of hydrogen-bond acceptors (Lipinski definition) is 4. The van der Waals surface area contributed by atoms with Crippen LogP contribution in [0.15, 0.2) is 0 Å². The molecular weight excluding hydrogens is 285 g/mol. The first-order chi connectivity index (χ1) is 9.67. The summed E-state index contributed by atoms with van der Waals surface area (Å²) in [5.74, 6) is 0.692. The molecule has 0 spiro atoms. The number of alkyl halides is 3. The zero-order chi connectivity index (χ0) is 15.7. The van der Waals surface area contributed by atoms with Crippen LogP contribution >= 0.6 is 0 Å². The van der Waals surface area contributed by atoms with E-state index in [4.69, 9.17) is 0 Å². The van der Waals surface area contributed by atoms with Crippen LogP contribution in [0.2, 0.25) is 0 Å². The summed E-state index contributed by atoms with van der Waals surface area (Å²) in [6.07, 6.45) is -0.985. The van der Waals surface area contributed by atoms with Crippen molar-refractivity contribution in [3.05, 3.63) is 0 Å². The SMILES string of the molecule is C[C@](O)(CN1CCC(CO)(NCC2CC2)CC1)C(F)(F)F. The maximum absolute atomic E-state index is 12.7. The van der Waals surface area contributed by atoms with E-state index in [1.54, 1.807) is 4.90 Å². The number of nitrogens with one attached hydrogen (secondary N) is 1. The Morgan fingerprint density at radius 2 is 1.81 bits per heavy atom. The van der Waals surface area contributed by atoms with Gasteiger partial charge in [0.1, 0.15) is 0 Å². The monoisotopic (exact) mass is 310 g/mol. The maximum Gasteiger partial charge on any atom is 0.418 e. The zero-order valence-electron chi connectivity index (χ0n) is 12.4. The van der Waals surface area contributed by atoms with Gasteiger partial charge in [-0.25, -0.2) is 0 Å². The number of hydrogen-bond donors (Lipinski definition) is 3. The lowest BCUT2D eigenvalue weighted by Crippen LogP contribution is -2.59. The second-order valence-electron chi connectivity index (χ2n) is 6.81. The number of piperidine rings is 1. The molecule has 1 saturated carbocycles. The summed E-state index contributed by atoms with van der Waals surface area (Å²) in [5, 5.41) is 22.6. The number of aliphatic hydroxyl groups excluding tert-OH is 1. The van der Waals surface area contributed by atoms with Gasteiger partial charge in [0, 0.05) is 25.2 Å². The average molecular weight is 310 g/mol. The standard InChI is InChI=1S/C14H25F3N2O2/c1-12(21,14(15,16)17)9-19-6-4-13(10-20,5-7-19)18-8-11-2-3-11/h11,18,20-21H,2-10H2,1H3/t12-/m0/s1. The van der Waals surface area contributed by atoms with E-state index in [2.05, 4.69) is 5.32 Å². The van der Waals surface area contributed by atoms with Gasteiger partial charge in [-0.15, -0.1) is 0 Å². The van der Waals surface area contributed by atoms with Crippen molar-refractivity contribution < 1.29 is 23.4 Å². The third-order valence-corrected chi connectivity index (χ3v) is 4.72. The molecule has 0 aromatic rings. The summed E-state index contributed by atoms with van der Waals surface area (Å²) in [7, 11) is 0. The second kappa shape index (κ2) is 6.02. The van der Waals surface area contributed by atoms with E-state index in [0.29, 0.717) is 31.8 Å². The molecule has 1 heterocycles. The predicted molar refractivity (Wildman–Crippen MR) is 72.9 cm³/mol. The predicted octanol–water partition coefficient (Wildman–Crippen LogP) is 1.13. The van der Waals surface area contributed by atoms with Gasteiger partial charge in [-0.2, -0.15) is 13.2 Å². The Hall–Kier alpha value is -0.370. The minimum atomic E-state index is -4.62. The fraction of sp³-hybridized carbons (Fsp3) is 1.00. The first-order valence-corrected chi connectivity index (χ1v) is 7.55. The first kappa shape index (κ1) is 17.0. The lowest BCUT2D eigenvalue weighted by atomic mass is 9.87. The molecule has 0 radical (unpaired) electrons. The van der Waals surface area contributed by atoms with E-state index in [0.717, 1.165) is 13.5 Å². The number of rotatable bonds is 6. The lowest BCUT2D eigenvalue weighted by Gasteiger charge is -2.43. The highest BCUT2D eigenvalue weighted by molar-refractivity contribution is 4.96. The maximum atomic E-state index is 12.7. The number of aliphatic hydroxyl groups is 2. The van der Waals surface area contributed by atoms with E-state index >= 15 is 0 Å². The molecular formula is C14H25F3N2O2.